The number of methoxy groups -OCH3 is 1. The Morgan fingerprint density at radius 3 is 2.02 bits per heavy atom. The van der Waals surface area contributed by atoms with Crippen LogP contribution in [0.25, 0.3) is 0 Å². The second-order valence-corrected chi connectivity index (χ2v) is 14.5. The van der Waals surface area contributed by atoms with Crippen LogP contribution in [0.15, 0.2) is 63.4 Å². The molecule has 0 N–H and O–H groups in total. The lowest BCUT2D eigenvalue weighted by atomic mass is 9.63. The molecule has 10 heteroatoms. The normalized spacial score (nSPS) is 19.4. The summed E-state index contributed by atoms with van der Waals surface area (Å²) in [6.45, 7) is 12.0. The molecule has 0 bridgehead atoms. The number of carbonyl (C=O) groups is 2. The molecule has 0 amide bonds. The zero-order valence-electron chi connectivity index (χ0n) is 26.8. The van der Waals surface area contributed by atoms with E-state index < -0.39 is 10.8 Å². The molecule has 2 aromatic rings. The summed E-state index contributed by atoms with van der Waals surface area (Å²) < 4.78 is 18.4. The first-order chi connectivity index (χ1) is 21.2. The van der Waals surface area contributed by atoms with E-state index in [1.807, 2.05) is 19.1 Å². The summed E-state index contributed by atoms with van der Waals surface area (Å²) in [5, 5.41) is 11.1. The zero-order valence-corrected chi connectivity index (χ0v) is 28.4. The van der Waals surface area contributed by atoms with Gasteiger partial charge >= 0.3 is 0 Å². The number of Topliss-reactive ketones (excluding diaryl/α,β-unsaturated/α-hetero) is 2. The van der Waals surface area contributed by atoms with Crippen molar-refractivity contribution in [1.82, 2.24) is 4.90 Å². The summed E-state index contributed by atoms with van der Waals surface area (Å²) in [4.78, 5) is 41.0. The molecule has 0 saturated carbocycles. The number of carbonyl (C=O) groups excluding carboxylic acids is 2. The predicted molar refractivity (Wildman–Crippen MR) is 174 cm³/mol. The smallest absolute Gasteiger partial charge is 0.269 e. The number of rotatable bonds is 10. The number of hydrogen-bond acceptors (Lipinski definition) is 8. The van der Waals surface area contributed by atoms with Gasteiger partial charge in [-0.1, -0.05) is 27.7 Å². The molecule has 2 aromatic carbocycles. The van der Waals surface area contributed by atoms with Crippen molar-refractivity contribution in [1.29, 1.82) is 0 Å². The van der Waals surface area contributed by atoms with Crippen LogP contribution in [-0.2, 0) is 20.9 Å². The first-order valence-electron chi connectivity index (χ1n) is 15.4. The molecule has 1 heterocycles. The molecule has 0 saturated heterocycles. The van der Waals surface area contributed by atoms with Gasteiger partial charge in [0.2, 0.25) is 0 Å². The van der Waals surface area contributed by atoms with Crippen LogP contribution in [-0.4, -0.2) is 48.3 Å². The molecular formula is C35H41BrN2O7. The number of hydrogen-bond donors (Lipinski definition) is 0. The third-order valence-electron chi connectivity index (χ3n) is 8.74. The molecule has 240 valence electrons. The van der Waals surface area contributed by atoms with Gasteiger partial charge in [-0.3, -0.25) is 19.7 Å². The molecule has 1 aliphatic heterocycles. The molecule has 0 aromatic heterocycles. The van der Waals surface area contributed by atoms with Crippen molar-refractivity contribution in [3.05, 3.63) is 84.7 Å². The molecule has 5 rings (SSSR count). The van der Waals surface area contributed by atoms with Crippen molar-refractivity contribution in [2.24, 2.45) is 10.8 Å². The maximum atomic E-state index is 14.1. The van der Waals surface area contributed by atoms with Crippen molar-refractivity contribution in [2.75, 3.05) is 26.9 Å². The molecule has 3 aliphatic rings. The lowest BCUT2D eigenvalue weighted by Crippen LogP contribution is -2.45. The van der Waals surface area contributed by atoms with Crippen LogP contribution < -0.4 is 9.47 Å². The highest BCUT2D eigenvalue weighted by Gasteiger charge is 2.49. The molecule has 0 spiro atoms. The summed E-state index contributed by atoms with van der Waals surface area (Å²) in [6.07, 6.45) is 2.24. The average Bonchev–Trinajstić information content (AvgIpc) is 2.94. The average molecular weight is 682 g/mol. The fraction of sp³-hybridized carbons (Fsp3) is 0.486. The van der Waals surface area contributed by atoms with Crippen LogP contribution >= 0.6 is 15.9 Å². The highest BCUT2D eigenvalue weighted by atomic mass is 79.9. The third kappa shape index (κ3) is 6.72. The zero-order chi connectivity index (χ0) is 32.7. The molecule has 2 aliphatic carbocycles. The van der Waals surface area contributed by atoms with Crippen LogP contribution in [0.1, 0.15) is 77.3 Å². The van der Waals surface area contributed by atoms with Crippen molar-refractivity contribution in [2.45, 2.75) is 72.8 Å². The van der Waals surface area contributed by atoms with Gasteiger partial charge in [0, 0.05) is 67.1 Å². The van der Waals surface area contributed by atoms with Gasteiger partial charge in [0.25, 0.3) is 5.69 Å². The van der Waals surface area contributed by atoms with Crippen LogP contribution in [0.3, 0.4) is 0 Å². The minimum atomic E-state index is -0.528. The van der Waals surface area contributed by atoms with E-state index in [2.05, 4.69) is 48.5 Å². The van der Waals surface area contributed by atoms with Crippen LogP contribution in [0, 0.1) is 20.9 Å². The SMILES string of the molecule is CCOc1cc(C2C3=C(CC(C)(C)CC3=O)N(CCOC)C3=C2C(=O)CC(C)(C)C3)cc(Br)c1OCc1ccc([N+](=O)[O-])cc1. The van der Waals surface area contributed by atoms with E-state index >= 15 is 0 Å². The monoisotopic (exact) mass is 680 g/mol. The van der Waals surface area contributed by atoms with Crippen molar-refractivity contribution < 1.29 is 28.7 Å². The Kier molecular flexibility index (Phi) is 9.29. The number of ketones is 2. The standard InChI is InChI=1S/C35H41BrN2O7/c1-7-44-29-15-22(14-24(36)33(29)45-20-21-8-10-23(11-9-21)38(41)42)30-31-25(16-34(2,3)18-27(31)39)37(12-13-43-6)26-17-35(4,5)19-28(40)32(26)30/h8-11,14-15,30H,7,12-13,16-20H2,1-6H3. The summed E-state index contributed by atoms with van der Waals surface area (Å²) in [5.41, 5.74) is 4.46. The van der Waals surface area contributed by atoms with E-state index in [0.717, 1.165) is 35.4 Å². The highest BCUT2D eigenvalue weighted by Crippen LogP contribution is 2.55. The Bertz CT molecular complexity index is 1540. The van der Waals surface area contributed by atoms with E-state index in [0.29, 0.717) is 59.7 Å². The maximum Gasteiger partial charge on any atom is 0.269 e. The molecule has 9 nitrogen and oxygen atoms in total. The van der Waals surface area contributed by atoms with Gasteiger partial charge in [-0.2, -0.15) is 0 Å². The van der Waals surface area contributed by atoms with Gasteiger partial charge in [-0.05, 0) is 81.9 Å². The fourth-order valence-electron chi connectivity index (χ4n) is 6.86. The number of nitro groups is 1. The number of nitrogens with zero attached hydrogens (tertiary/aromatic N) is 2. The van der Waals surface area contributed by atoms with E-state index in [9.17, 15) is 19.7 Å². The summed E-state index contributed by atoms with van der Waals surface area (Å²) in [5.74, 6) is 0.560. The second-order valence-electron chi connectivity index (χ2n) is 13.7. The molecule has 45 heavy (non-hydrogen) atoms. The Morgan fingerprint density at radius 2 is 1.51 bits per heavy atom. The van der Waals surface area contributed by atoms with Crippen molar-refractivity contribution in [3.63, 3.8) is 0 Å². The van der Waals surface area contributed by atoms with E-state index in [-0.39, 0.29) is 34.7 Å². The number of nitro benzene ring substituents is 1. The Hall–Kier alpha value is -3.50. The summed E-state index contributed by atoms with van der Waals surface area (Å²) in [7, 11) is 1.67. The number of ether oxygens (including phenoxy) is 3. The maximum absolute atomic E-state index is 14.1. The minimum Gasteiger partial charge on any atom is -0.490 e. The first kappa shape index (κ1) is 32.9. The Labute approximate surface area is 272 Å². The minimum absolute atomic E-state index is 0.0104. The highest BCUT2D eigenvalue weighted by molar-refractivity contribution is 9.10. The predicted octanol–water partition coefficient (Wildman–Crippen LogP) is 7.67. The van der Waals surface area contributed by atoms with E-state index in [1.54, 1.807) is 19.2 Å². The lowest BCUT2D eigenvalue weighted by molar-refractivity contribution is -0.384. The molecule has 0 fully saturated rings. The molecule has 0 atom stereocenters. The first-order valence-corrected chi connectivity index (χ1v) is 16.2. The Morgan fingerprint density at radius 1 is 0.933 bits per heavy atom. The lowest BCUT2D eigenvalue weighted by Gasteiger charge is -2.49. The molecular weight excluding hydrogens is 640 g/mol. The van der Waals surface area contributed by atoms with Crippen LogP contribution in [0.5, 0.6) is 11.5 Å². The van der Waals surface area contributed by atoms with Gasteiger partial charge in [0.1, 0.15) is 6.61 Å². The van der Waals surface area contributed by atoms with E-state index in [1.165, 1.54) is 12.1 Å². The quantitative estimate of drug-likeness (QED) is 0.186. The third-order valence-corrected chi connectivity index (χ3v) is 9.33. The molecule has 0 unspecified atom stereocenters. The van der Waals surface area contributed by atoms with Crippen molar-refractivity contribution >= 4 is 33.2 Å². The van der Waals surface area contributed by atoms with Crippen LogP contribution in [0.4, 0.5) is 5.69 Å². The number of allylic oxidation sites excluding steroid dienone is 4. The summed E-state index contributed by atoms with van der Waals surface area (Å²) in [6, 6.07) is 10.0. The van der Waals surface area contributed by atoms with Gasteiger partial charge < -0.3 is 19.1 Å². The van der Waals surface area contributed by atoms with Gasteiger partial charge in [-0.25, -0.2) is 0 Å². The number of benzene rings is 2. The van der Waals surface area contributed by atoms with Gasteiger partial charge in [0.15, 0.2) is 23.1 Å². The molecule has 0 radical (unpaired) electrons. The topological polar surface area (TPSA) is 108 Å². The van der Waals surface area contributed by atoms with Gasteiger partial charge in [-0.15, -0.1) is 0 Å². The summed E-state index contributed by atoms with van der Waals surface area (Å²) >= 11 is 3.70. The van der Waals surface area contributed by atoms with Crippen LogP contribution in [0.2, 0.25) is 0 Å². The number of halogens is 1. The van der Waals surface area contributed by atoms with E-state index in [4.69, 9.17) is 14.2 Å². The Balaban J connectivity index is 1.63. The largest absolute Gasteiger partial charge is 0.490 e. The fourth-order valence-corrected chi connectivity index (χ4v) is 7.43. The van der Waals surface area contributed by atoms with Gasteiger partial charge in [0.05, 0.1) is 22.6 Å². The number of non-ortho nitro benzene ring substituents is 1. The van der Waals surface area contributed by atoms with Crippen molar-refractivity contribution in [3.8, 4) is 11.5 Å². The second kappa shape index (κ2) is 12.7.